The van der Waals surface area contributed by atoms with Gasteiger partial charge in [0.05, 0.1) is 5.69 Å². The number of halogens is 2. The Morgan fingerprint density at radius 3 is 2.20 bits per heavy atom. The van der Waals surface area contributed by atoms with E-state index in [1.807, 2.05) is 0 Å². The van der Waals surface area contributed by atoms with Gasteiger partial charge in [0.25, 0.3) is 0 Å². The molecule has 0 amide bonds. The summed E-state index contributed by atoms with van der Waals surface area (Å²) in [5, 5.41) is 8.46. The normalized spacial score (nSPS) is 12.2. The fourth-order valence-electron chi connectivity index (χ4n) is 1.00. The molecule has 2 N–H and O–H groups in total. The van der Waals surface area contributed by atoms with Gasteiger partial charge in [-0.05, 0) is 12.1 Å². The highest BCUT2D eigenvalue weighted by molar-refractivity contribution is 7.85. The molecule has 0 aromatic heterocycles. The summed E-state index contributed by atoms with van der Waals surface area (Å²) in [5.74, 6) is -4.11. The van der Waals surface area contributed by atoms with Crippen molar-refractivity contribution >= 4 is 22.6 Å². The van der Waals surface area contributed by atoms with Gasteiger partial charge in [0.15, 0.2) is 0 Å². The van der Waals surface area contributed by atoms with E-state index in [9.17, 15) is 17.8 Å². The molecule has 0 aliphatic heterocycles. The predicted octanol–water partition coefficient (Wildman–Crippen LogP) is 1.37. The van der Waals surface area contributed by atoms with Crippen LogP contribution in [0, 0.1) is 11.6 Å². The molecule has 1 unspecified atom stereocenters. The zero-order chi connectivity index (χ0) is 11.6. The molecule has 1 aromatic carbocycles. The zero-order valence-electron chi connectivity index (χ0n) is 7.58. The van der Waals surface area contributed by atoms with Gasteiger partial charge in [-0.2, -0.15) is 0 Å². The molecule has 0 aliphatic rings. The predicted molar refractivity (Wildman–Crippen MR) is 51.0 cm³/mol. The van der Waals surface area contributed by atoms with E-state index < -0.39 is 34.2 Å². The van der Waals surface area contributed by atoms with Crippen molar-refractivity contribution in [1.29, 1.82) is 0 Å². The number of carboxylic acid groups (broad SMARTS) is 1. The van der Waals surface area contributed by atoms with Crippen LogP contribution in [0.2, 0.25) is 0 Å². The average molecular weight is 235 g/mol. The van der Waals surface area contributed by atoms with Crippen molar-refractivity contribution in [3.05, 3.63) is 29.3 Å². The van der Waals surface area contributed by atoms with Crippen LogP contribution >= 0.6 is 0 Å². The summed E-state index contributed by atoms with van der Waals surface area (Å²) in [6.07, 6.45) is 1.28. The number of hydrogen-bond donors (Lipinski definition) is 2. The second-order valence-corrected chi connectivity index (χ2v) is 3.79. The van der Waals surface area contributed by atoms with Crippen LogP contribution < -0.4 is 4.72 Å². The zero-order valence-corrected chi connectivity index (χ0v) is 8.40. The van der Waals surface area contributed by atoms with Crippen LogP contribution in [0.1, 0.15) is 10.4 Å². The molecule has 82 valence electrons. The van der Waals surface area contributed by atoms with E-state index in [0.717, 1.165) is 12.1 Å². The lowest BCUT2D eigenvalue weighted by atomic mass is 10.2. The van der Waals surface area contributed by atoms with Gasteiger partial charge >= 0.3 is 5.97 Å². The number of rotatable bonds is 3. The number of anilines is 1. The molecule has 15 heavy (non-hydrogen) atoms. The third kappa shape index (κ3) is 2.72. The monoisotopic (exact) mass is 235 g/mol. The van der Waals surface area contributed by atoms with Crippen molar-refractivity contribution in [2.75, 3.05) is 11.0 Å². The van der Waals surface area contributed by atoms with Crippen LogP contribution in [0.15, 0.2) is 12.1 Å². The smallest absolute Gasteiger partial charge is 0.341 e. The Kier molecular flexibility index (Phi) is 3.35. The highest BCUT2D eigenvalue weighted by Crippen LogP contribution is 2.19. The van der Waals surface area contributed by atoms with Gasteiger partial charge < -0.3 is 9.83 Å². The van der Waals surface area contributed by atoms with E-state index in [2.05, 4.69) is 4.72 Å². The van der Waals surface area contributed by atoms with E-state index in [-0.39, 0.29) is 5.69 Å². The molecule has 0 saturated heterocycles. The molecule has 0 aliphatic carbocycles. The average Bonchev–Trinajstić information content (AvgIpc) is 1.99. The molecule has 7 heteroatoms. The first-order valence-corrected chi connectivity index (χ1v) is 5.30. The lowest BCUT2D eigenvalue weighted by Crippen LogP contribution is -2.07. The summed E-state index contributed by atoms with van der Waals surface area (Å²) in [5.41, 5.74) is -1.10. The minimum Gasteiger partial charge on any atom is -0.477 e. The van der Waals surface area contributed by atoms with Gasteiger partial charge in [-0.25, -0.2) is 17.8 Å². The van der Waals surface area contributed by atoms with Gasteiger partial charge in [-0.15, -0.1) is 0 Å². The molecule has 0 fully saturated rings. The molecular weight excluding hydrogens is 228 g/mol. The van der Waals surface area contributed by atoms with Crippen molar-refractivity contribution in [1.82, 2.24) is 0 Å². The van der Waals surface area contributed by atoms with Crippen LogP contribution in [0.4, 0.5) is 14.5 Å². The Bertz CT molecular complexity index is 413. The maximum Gasteiger partial charge on any atom is 0.341 e. The molecule has 0 radical (unpaired) electrons. The molecular formula is C8H7F2NO3S. The number of nitrogens with one attached hydrogen (secondary N) is 1. The van der Waals surface area contributed by atoms with E-state index in [1.54, 1.807) is 0 Å². The first-order valence-electron chi connectivity index (χ1n) is 3.74. The van der Waals surface area contributed by atoms with Crippen molar-refractivity contribution in [3.8, 4) is 0 Å². The van der Waals surface area contributed by atoms with E-state index >= 15 is 0 Å². The lowest BCUT2D eigenvalue weighted by Gasteiger charge is -2.05. The molecule has 1 atom stereocenters. The third-order valence-corrected chi connectivity index (χ3v) is 2.04. The fourth-order valence-corrected chi connectivity index (χ4v) is 1.45. The Morgan fingerprint density at radius 1 is 1.40 bits per heavy atom. The van der Waals surface area contributed by atoms with Gasteiger partial charge in [-0.1, -0.05) is 0 Å². The second kappa shape index (κ2) is 4.35. The standard InChI is InChI=1S/C8H7F2NO3S/c1-15(14)11-4-2-5(9)7(8(12)13)6(10)3-4/h2-3,11H,1H3,(H,12,13). The molecule has 0 spiro atoms. The van der Waals surface area contributed by atoms with E-state index in [0.29, 0.717) is 0 Å². The maximum absolute atomic E-state index is 13.1. The minimum atomic E-state index is -1.69. The van der Waals surface area contributed by atoms with Crippen molar-refractivity contribution in [2.24, 2.45) is 0 Å². The third-order valence-electron chi connectivity index (χ3n) is 1.52. The minimum absolute atomic E-state index is 0.0733. The Morgan fingerprint density at radius 2 is 1.87 bits per heavy atom. The topological polar surface area (TPSA) is 66.4 Å². The highest BCUT2D eigenvalue weighted by Gasteiger charge is 2.17. The first kappa shape index (κ1) is 11.6. The van der Waals surface area contributed by atoms with Gasteiger partial charge in [0.2, 0.25) is 0 Å². The summed E-state index contributed by atoms with van der Waals surface area (Å²) in [6, 6.07) is 1.54. The van der Waals surface area contributed by atoms with Crippen molar-refractivity contribution < 1.29 is 22.9 Å². The Labute approximate surface area is 86.5 Å². The summed E-state index contributed by atoms with van der Waals surface area (Å²) < 4.78 is 39.0. The van der Waals surface area contributed by atoms with Gasteiger partial charge in [0, 0.05) is 6.26 Å². The molecule has 1 aromatic rings. The summed E-state index contributed by atoms with van der Waals surface area (Å²) in [7, 11) is -1.48. The SMILES string of the molecule is CS(=O)Nc1cc(F)c(C(=O)O)c(F)c1. The number of carboxylic acids is 1. The number of benzene rings is 1. The fraction of sp³-hybridized carbons (Fsp3) is 0.125. The Balaban J connectivity index is 3.19. The summed E-state index contributed by atoms with van der Waals surface area (Å²) >= 11 is 0. The van der Waals surface area contributed by atoms with Crippen molar-refractivity contribution in [2.45, 2.75) is 0 Å². The molecule has 0 saturated carbocycles. The highest BCUT2D eigenvalue weighted by atomic mass is 32.2. The quantitative estimate of drug-likeness (QED) is 0.831. The van der Waals surface area contributed by atoms with Gasteiger partial charge in [-0.3, -0.25) is 0 Å². The first-order chi connectivity index (χ1) is 6.91. The second-order valence-electron chi connectivity index (χ2n) is 2.68. The van der Waals surface area contributed by atoms with Crippen LogP contribution in [-0.2, 0) is 11.0 Å². The molecule has 0 heterocycles. The number of carbonyl (C=O) groups is 1. The van der Waals surface area contributed by atoms with Crippen LogP contribution in [0.25, 0.3) is 0 Å². The number of hydrogen-bond acceptors (Lipinski definition) is 2. The van der Waals surface area contributed by atoms with E-state index in [4.69, 9.17) is 5.11 Å². The largest absolute Gasteiger partial charge is 0.477 e. The lowest BCUT2D eigenvalue weighted by molar-refractivity contribution is 0.0686. The Hall–Kier alpha value is -1.50. The van der Waals surface area contributed by atoms with Gasteiger partial charge in [0.1, 0.15) is 28.2 Å². The molecule has 1 rings (SSSR count). The van der Waals surface area contributed by atoms with Crippen LogP contribution in [-0.4, -0.2) is 21.5 Å². The molecule has 0 bridgehead atoms. The van der Waals surface area contributed by atoms with Crippen LogP contribution in [0.5, 0.6) is 0 Å². The molecule has 4 nitrogen and oxygen atoms in total. The van der Waals surface area contributed by atoms with E-state index in [1.165, 1.54) is 6.26 Å². The summed E-state index contributed by atoms with van der Waals surface area (Å²) in [6.45, 7) is 0. The summed E-state index contributed by atoms with van der Waals surface area (Å²) in [4.78, 5) is 10.4. The number of aromatic carboxylic acids is 1. The van der Waals surface area contributed by atoms with Crippen LogP contribution in [0.3, 0.4) is 0 Å². The van der Waals surface area contributed by atoms with Crippen molar-refractivity contribution in [3.63, 3.8) is 0 Å². The maximum atomic E-state index is 13.1.